The second-order valence-electron chi connectivity index (χ2n) is 10.4. The van der Waals surface area contributed by atoms with E-state index in [4.69, 9.17) is 9.47 Å². The summed E-state index contributed by atoms with van der Waals surface area (Å²) in [6.07, 6.45) is 0. The van der Waals surface area contributed by atoms with E-state index in [0.29, 0.717) is 23.0 Å². The topological polar surface area (TPSA) is 235 Å². The van der Waals surface area contributed by atoms with Gasteiger partial charge in [-0.25, -0.2) is 0 Å². The summed E-state index contributed by atoms with van der Waals surface area (Å²) in [5, 5.41) is 76.2. The molecule has 16 nitrogen and oxygen atoms in total. The van der Waals surface area contributed by atoms with Crippen LogP contribution in [0.5, 0.6) is 46.0 Å². The van der Waals surface area contributed by atoms with Crippen LogP contribution in [0.1, 0.15) is 0 Å². The van der Waals surface area contributed by atoms with Crippen molar-refractivity contribution < 1.29 is 56.5 Å². The van der Waals surface area contributed by atoms with Crippen LogP contribution in [0.4, 0.5) is 34.1 Å². The van der Waals surface area contributed by atoms with Crippen LogP contribution in [0.3, 0.4) is 0 Å². The Morgan fingerprint density at radius 3 is 1.00 bits per heavy atom. The van der Waals surface area contributed by atoms with Gasteiger partial charge in [0.2, 0.25) is 0 Å². The largest absolute Gasteiger partial charge is 0.505 e. The predicted octanol–water partition coefficient (Wildman–Crippen LogP) is 10.4. The predicted molar refractivity (Wildman–Crippen MR) is 187 cm³/mol. The normalized spacial score (nSPS) is 10.6. The summed E-state index contributed by atoms with van der Waals surface area (Å²) in [6.45, 7) is 0. The molecule has 6 aromatic carbocycles. The first kappa shape index (κ1) is 38.4. The molecule has 1 radical (unpaired) electrons. The summed E-state index contributed by atoms with van der Waals surface area (Å²) in [7, 11) is 0. The molecule has 0 aromatic heterocycles. The minimum atomic E-state index is -0.627. The molecular weight excluding hydrogens is 735 g/mol. The third-order valence-electron chi connectivity index (χ3n) is 6.72. The molecule has 0 fully saturated rings. The first-order chi connectivity index (χ1) is 25.0. The fraction of sp³-hybridized carbons (Fsp3) is 0. The Morgan fingerprint density at radius 1 is 0.415 bits per heavy atom. The number of para-hydroxylation sites is 2. The second-order valence-corrected chi connectivity index (χ2v) is 10.4. The number of nitrogens with zero attached hydrogens (tertiary/aromatic N) is 6. The summed E-state index contributed by atoms with van der Waals surface area (Å²) in [5.74, 6) is 0.996. The monoisotopic (exact) mass is 761 g/mol. The maximum atomic E-state index is 10.6. The molecule has 0 amide bonds. The molecule has 0 bridgehead atoms. The van der Waals surface area contributed by atoms with Crippen LogP contribution in [0.15, 0.2) is 154 Å². The van der Waals surface area contributed by atoms with Crippen molar-refractivity contribution in [2.75, 3.05) is 0 Å². The Balaban J connectivity index is 0.000000232. The van der Waals surface area contributed by atoms with Gasteiger partial charge in [0.25, 0.3) is 11.4 Å². The van der Waals surface area contributed by atoms with E-state index in [1.807, 2.05) is 36.4 Å². The molecule has 0 aliphatic rings. The van der Waals surface area contributed by atoms with Crippen LogP contribution in [0.25, 0.3) is 0 Å². The number of phenols is 4. The molecule has 0 saturated heterocycles. The molecule has 269 valence electrons. The molecule has 0 aliphatic carbocycles. The first-order valence-electron chi connectivity index (χ1n) is 15.0. The summed E-state index contributed by atoms with van der Waals surface area (Å²) >= 11 is 0. The van der Waals surface area contributed by atoms with Crippen LogP contribution in [-0.4, -0.2) is 30.3 Å². The van der Waals surface area contributed by atoms with Gasteiger partial charge in [-0.1, -0.05) is 36.4 Å². The van der Waals surface area contributed by atoms with Gasteiger partial charge in [0, 0.05) is 41.0 Å². The van der Waals surface area contributed by atoms with Gasteiger partial charge < -0.3 is 29.9 Å². The number of rotatable bonds is 10. The molecule has 0 aliphatic heterocycles. The van der Waals surface area contributed by atoms with E-state index in [-0.39, 0.29) is 73.9 Å². The number of non-ortho nitro benzene ring substituents is 2. The Bertz CT molecular complexity index is 2120. The fourth-order valence-corrected chi connectivity index (χ4v) is 4.19. The molecule has 6 rings (SSSR count). The average molecular weight is 762 g/mol. The van der Waals surface area contributed by atoms with Crippen LogP contribution >= 0.6 is 0 Å². The maximum Gasteiger partial charge on any atom is 0.273 e. The van der Waals surface area contributed by atoms with Crippen molar-refractivity contribution in [2.45, 2.75) is 0 Å². The smallest absolute Gasteiger partial charge is 0.273 e. The maximum absolute atomic E-state index is 10.6. The number of hydrogen-bond donors (Lipinski definition) is 4. The van der Waals surface area contributed by atoms with Crippen molar-refractivity contribution >= 4 is 34.1 Å². The minimum Gasteiger partial charge on any atom is -0.505 e. The number of nitro benzene ring substituents is 2. The van der Waals surface area contributed by atoms with Crippen LogP contribution in [-0.2, 0) is 16.8 Å². The van der Waals surface area contributed by atoms with E-state index in [9.17, 15) is 40.7 Å². The molecule has 0 heterocycles. The molecule has 0 saturated carbocycles. The van der Waals surface area contributed by atoms with Crippen LogP contribution < -0.4 is 9.47 Å². The number of hydrogen-bond acceptors (Lipinski definition) is 14. The summed E-state index contributed by atoms with van der Waals surface area (Å²) in [4.78, 5) is 20.0. The number of azo groups is 2. The number of aromatic hydroxyl groups is 4. The average Bonchev–Trinajstić information content (AvgIpc) is 3.13. The van der Waals surface area contributed by atoms with E-state index in [1.54, 1.807) is 36.4 Å². The molecule has 6 aromatic rings. The van der Waals surface area contributed by atoms with Gasteiger partial charge in [0.05, 0.1) is 22.0 Å². The molecule has 17 heteroatoms. The van der Waals surface area contributed by atoms with Gasteiger partial charge in [0.15, 0.2) is 0 Å². The second kappa shape index (κ2) is 18.0. The van der Waals surface area contributed by atoms with Crippen molar-refractivity contribution in [3.63, 3.8) is 0 Å². The van der Waals surface area contributed by atoms with Crippen molar-refractivity contribution in [3.8, 4) is 46.0 Å². The zero-order valence-electron chi connectivity index (χ0n) is 27.0. The van der Waals surface area contributed by atoms with Gasteiger partial charge in [-0.05, 0) is 60.7 Å². The summed E-state index contributed by atoms with van der Waals surface area (Å²) in [5.41, 5.74) is -0.121. The van der Waals surface area contributed by atoms with Gasteiger partial charge >= 0.3 is 0 Å². The molecule has 53 heavy (non-hydrogen) atoms. The van der Waals surface area contributed by atoms with Gasteiger partial charge in [-0.15, -0.1) is 20.5 Å². The third-order valence-corrected chi connectivity index (χ3v) is 6.72. The third kappa shape index (κ3) is 10.8. The summed E-state index contributed by atoms with van der Waals surface area (Å²) in [6, 6.07) is 34.0. The van der Waals surface area contributed by atoms with Crippen LogP contribution in [0.2, 0.25) is 0 Å². The number of ether oxygens (including phenoxy) is 2. The van der Waals surface area contributed by atoms with Crippen molar-refractivity contribution in [3.05, 3.63) is 154 Å². The first-order valence-corrected chi connectivity index (χ1v) is 15.0. The Morgan fingerprint density at radius 2 is 0.717 bits per heavy atom. The van der Waals surface area contributed by atoms with Gasteiger partial charge in [-0.3, -0.25) is 20.2 Å². The number of nitro groups is 2. The molecule has 0 atom stereocenters. The van der Waals surface area contributed by atoms with Crippen molar-refractivity contribution in [2.24, 2.45) is 20.5 Å². The SMILES string of the molecule is O=[N+]([O-])c1ccc(N=Nc2ccc(Oc3ccccc3)cc2O)c(O)c1.O=[N+]([O-])c1ccc(N=Nc2ccc(Oc3ccccc3)cc2O)c(O)c1.[Co]. The van der Waals surface area contributed by atoms with Gasteiger partial charge in [-0.2, -0.15) is 0 Å². The van der Waals surface area contributed by atoms with E-state index in [2.05, 4.69) is 20.5 Å². The summed E-state index contributed by atoms with van der Waals surface area (Å²) < 4.78 is 11.2. The Labute approximate surface area is 310 Å². The number of benzene rings is 6. The van der Waals surface area contributed by atoms with Gasteiger partial charge in [0.1, 0.15) is 68.7 Å². The zero-order chi connectivity index (χ0) is 37.0. The van der Waals surface area contributed by atoms with E-state index >= 15 is 0 Å². The van der Waals surface area contributed by atoms with E-state index < -0.39 is 9.85 Å². The van der Waals surface area contributed by atoms with Crippen molar-refractivity contribution in [1.82, 2.24) is 0 Å². The molecule has 4 N–H and O–H groups in total. The number of phenolic OH excluding ortho intramolecular Hbond substituents is 4. The minimum absolute atomic E-state index is 0. The van der Waals surface area contributed by atoms with E-state index in [1.165, 1.54) is 48.5 Å². The van der Waals surface area contributed by atoms with Crippen molar-refractivity contribution in [1.29, 1.82) is 0 Å². The quantitative estimate of drug-likeness (QED) is 0.0585. The Kier molecular flexibility index (Phi) is 13.1. The Hall–Kier alpha value is -7.37. The van der Waals surface area contributed by atoms with E-state index in [0.717, 1.165) is 12.1 Å². The molecule has 0 unspecified atom stereocenters. The standard InChI is InChI=1S/2C18H13N3O5.Co/c2*22-17-10-12(21(24)25)6-8-15(17)19-20-16-9-7-14(11-18(16)23)26-13-4-2-1-3-5-13;/h2*1-11,22-23H;. The zero-order valence-corrected chi connectivity index (χ0v) is 28.0. The fourth-order valence-electron chi connectivity index (χ4n) is 4.19. The van der Waals surface area contributed by atoms with Crippen LogP contribution in [0, 0.1) is 20.2 Å². The molecule has 0 spiro atoms. The molecular formula is C36H26CoN6O10.